The van der Waals surface area contributed by atoms with Crippen molar-refractivity contribution in [1.29, 1.82) is 0 Å². The first-order valence-electron chi connectivity index (χ1n) is 9.59. The van der Waals surface area contributed by atoms with E-state index in [0.717, 1.165) is 34.5 Å². The first kappa shape index (κ1) is 19.0. The molecular weight excluding hydrogens is 362 g/mol. The lowest BCUT2D eigenvalue weighted by molar-refractivity contribution is 0.0932. The molecular formula is C23H23N5O. The highest BCUT2D eigenvalue weighted by molar-refractivity contribution is 6.03. The molecule has 0 fully saturated rings. The maximum Gasteiger partial charge on any atom is 0.270 e. The molecule has 146 valence electrons. The Labute approximate surface area is 169 Å². The molecule has 1 aliphatic heterocycles. The van der Waals surface area contributed by atoms with Gasteiger partial charge in [0.1, 0.15) is 12.0 Å². The number of carbonyl (C=O) groups is 1. The van der Waals surface area contributed by atoms with E-state index in [0.29, 0.717) is 17.9 Å². The molecule has 0 bridgehead atoms. The first-order valence-corrected chi connectivity index (χ1v) is 9.59. The van der Waals surface area contributed by atoms with Crippen LogP contribution in [0.3, 0.4) is 0 Å². The molecule has 1 unspecified atom stereocenters. The smallest absolute Gasteiger partial charge is 0.270 e. The molecule has 1 aromatic heterocycles. The molecule has 2 heterocycles. The Morgan fingerprint density at radius 3 is 2.79 bits per heavy atom. The van der Waals surface area contributed by atoms with E-state index in [1.54, 1.807) is 6.07 Å². The summed E-state index contributed by atoms with van der Waals surface area (Å²) in [6, 6.07) is 15.5. The third kappa shape index (κ3) is 3.93. The molecule has 0 spiro atoms. The Balaban J connectivity index is 1.58. The summed E-state index contributed by atoms with van der Waals surface area (Å²) < 4.78 is 0. The fourth-order valence-electron chi connectivity index (χ4n) is 3.54. The number of benzene rings is 2. The highest BCUT2D eigenvalue weighted by Crippen LogP contribution is 2.25. The zero-order valence-corrected chi connectivity index (χ0v) is 16.5. The van der Waals surface area contributed by atoms with Gasteiger partial charge in [-0.05, 0) is 37.1 Å². The predicted molar refractivity (Wildman–Crippen MR) is 114 cm³/mol. The zero-order chi connectivity index (χ0) is 20.4. The quantitative estimate of drug-likeness (QED) is 0.705. The number of aliphatic imine (C=N–C) groups is 1. The molecule has 6 nitrogen and oxygen atoms in total. The largest absolute Gasteiger partial charge is 0.343 e. The second-order valence-electron chi connectivity index (χ2n) is 7.24. The monoisotopic (exact) mass is 385 g/mol. The van der Waals surface area contributed by atoms with Crippen molar-refractivity contribution < 1.29 is 4.79 Å². The van der Waals surface area contributed by atoms with Crippen LogP contribution < -0.4 is 11.1 Å². The van der Waals surface area contributed by atoms with Gasteiger partial charge in [0.15, 0.2) is 0 Å². The van der Waals surface area contributed by atoms with Crippen molar-refractivity contribution in [2.24, 2.45) is 10.7 Å². The van der Waals surface area contributed by atoms with Crippen molar-refractivity contribution in [2.75, 3.05) is 6.54 Å². The summed E-state index contributed by atoms with van der Waals surface area (Å²) in [6.45, 7) is 5.04. The predicted octanol–water partition coefficient (Wildman–Crippen LogP) is 3.20. The van der Waals surface area contributed by atoms with E-state index in [9.17, 15) is 4.79 Å². The van der Waals surface area contributed by atoms with E-state index in [1.807, 2.05) is 44.2 Å². The number of hydrogen-bond donors (Lipinski definition) is 2. The van der Waals surface area contributed by atoms with Crippen LogP contribution in [0.5, 0.6) is 0 Å². The Bertz CT molecular complexity index is 1110. The molecule has 0 saturated heterocycles. The van der Waals surface area contributed by atoms with Crippen LogP contribution >= 0.6 is 0 Å². The maximum absolute atomic E-state index is 12.8. The maximum atomic E-state index is 12.8. The summed E-state index contributed by atoms with van der Waals surface area (Å²) in [5, 5.41) is 2.98. The van der Waals surface area contributed by atoms with Crippen molar-refractivity contribution in [3.8, 4) is 11.3 Å². The molecule has 0 aliphatic carbocycles. The molecule has 4 rings (SSSR count). The summed E-state index contributed by atoms with van der Waals surface area (Å²) >= 11 is 0. The fourth-order valence-corrected chi connectivity index (χ4v) is 3.54. The Morgan fingerprint density at radius 2 is 2.00 bits per heavy atom. The standard InChI is InChI=1S/C23H23N5O/c1-14-4-3-5-16(8-14)22(11-24)28-23(29)21-10-20(26-13-27-21)17-6-7-18-12-25-15(2)19(18)9-17/h3-10,13,22H,11-12,24H2,1-2H3,(H,28,29). The normalized spacial score (nSPS) is 13.6. The number of aryl methyl sites for hydroxylation is 1. The van der Waals surface area contributed by atoms with Crippen LogP contribution in [0, 0.1) is 6.92 Å². The molecule has 3 N–H and O–H groups in total. The van der Waals surface area contributed by atoms with Crippen molar-refractivity contribution in [2.45, 2.75) is 26.4 Å². The number of aromatic nitrogens is 2. The first-order chi connectivity index (χ1) is 14.0. The number of fused-ring (bicyclic) bond motifs is 1. The van der Waals surface area contributed by atoms with E-state index < -0.39 is 0 Å². The van der Waals surface area contributed by atoms with E-state index in [-0.39, 0.29) is 11.9 Å². The fraction of sp³-hybridized carbons (Fsp3) is 0.217. The van der Waals surface area contributed by atoms with Crippen molar-refractivity contribution in [1.82, 2.24) is 15.3 Å². The van der Waals surface area contributed by atoms with Gasteiger partial charge in [0.05, 0.1) is 18.3 Å². The number of rotatable bonds is 5. The summed E-state index contributed by atoms with van der Waals surface area (Å²) in [5.74, 6) is -0.274. The van der Waals surface area contributed by atoms with Gasteiger partial charge in [-0.25, -0.2) is 9.97 Å². The molecule has 2 aromatic carbocycles. The summed E-state index contributed by atoms with van der Waals surface area (Å²) in [7, 11) is 0. The molecule has 0 radical (unpaired) electrons. The second-order valence-corrected chi connectivity index (χ2v) is 7.24. The average Bonchev–Trinajstić information content (AvgIpc) is 3.12. The van der Waals surface area contributed by atoms with E-state index in [2.05, 4.69) is 32.4 Å². The van der Waals surface area contributed by atoms with Crippen molar-refractivity contribution >= 4 is 11.6 Å². The molecule has 1 amide bonds. The van der Waals surface area contributed by atoms with Gasteiger partial charge in [0.2, 0.25) is 0 Å². The topological polar surface area (TPSA) is 93.3 Å². The van der Waals surface area contributed by atoms with Gasteiger partial charge < -0.3 is 11.1 Å². The van der Waals surface area contributed by atoms with Crippen LogP contribution in [0.15, 0.2) is 59.9 Å². The summed E-state index contributed by atoms with van der Waals surface area (Å²) in [4.78, 5) is 25.8. The van der Waals surface area contributed by atoms with Crippen LogP contribution in [-0.4, -0.2) is 28.1 Å². The third-order valence-corrected chi connectivity index (χ3v) is 5.17. The molecule has 0 saturated carbocycles. The van der Waals surface area contributed by atoms with Crippen molar-refractivity contribution in [3.05, 3.63) is 82.8 Å². The number of carbonyl (C=O) groups excluding carboxylic acids is 1. The minimum atomic E-state index is -0.278. The molecule has 1 atom stereocenters. The van der Waals surface area contributed by atoms with Gasteiger partial charge in [-0.3, -0.25) is 9.79 Å². The van der Waals surface area contributed by atoms with Gasteiger partial charge in [0, 0.05) is 23.4 Å². The van der Waals surface area contributed by atoms with E-state index in [4.69, 9.17) is 5.73 Å². The lowest BCUT2D eigenvalue weighted by atomic mass is 10.0. The average molecular weight is 385 g/mol. The lowest BCUT2D eigenvalue weighted by Crippen LogP contribution is -2.34. The molecule has 3 aromatic rings. The zero-order valence-electron chi connectivity index (χ0n) is 16.5. The highest BCUT2D eigenvalue weighted by atomic mass is 16.1. The van der Waals surface area contributed by atoms with Gasteiger partial charge in [-0.1, -0.05) is 42.0 Å². The Kier molecular flexibility index (Phi) is 5.18. The number of hydrogen-bond acceptors (Lipinski definition) is 5. The molecule has 1 aliphatic rings. The molecule has 6 heteroatoms. The van der Waals surface area contributed by atoms with Crippen LogP contribution in [0.4, 0.5) is 0 Å². The molecule has 29 heavy (non-hydrogen) atoms. The van der Waals surface area contributed by atoms with Gasteiger partial charge in [-0.15, -0.1) is 0 Å². The summed E-state index contributed by atoms with van der Waals surface area (Å²) in [5.41, 5.74) is 13.3. The third-order valence-electron chi connectivity index (χ3n) is 5.17. The van der Waals surface area contributed by atoms with Crippen molar-refractivity contribution in [3.63, 3.8) is 0 Å². The van der Waals surface area contributed by atoms with Crippen LogP contribution in [-0.2, 0) is 6.54 Å². The minimum absolute atomic E-state index is 0.274. The van der Waals surface area contributed by atoms with Crippen LogP contribution in [0.1, 0.15) is 45.7 Å². The number of nitrogens with two attached hydrogens (primary N) is 1. The van der Waals surface area contributed by atoms with Gasteiger partial charge >= 0.3 is 0 Å². The number of nitrogens with zero attached hydrogens (tertiary/aromatic N) is 3. The SMILES string of the molecule is CC1=NCc2ccc(-c3cc(C(=O)NC(CN)c4cccc(C)c4)ncn3)cc21. The van der Waals surface area contributed by atoms with E-state index >= 15 is 0 Å². The van der Waals surface area contributed by atoms with Gasteiger partial charge in [-0.2, -0.15) is 0 Å². The highest BCUT2D eigenvalue weighted by Gasteiger charge is 2.18. The van der Waals surface area contributed by atoms with E-state index in [1.165, 1.54) is 11.9 Å². The van der Waals surface area contributed by atoms with Crippen LogP contribution in [0.2, 0.25) is 0 Å². The number of nitrogens with one attached hydrogen (secondary N) is 1. The minimum Gasteiger partial charge on any atom is -0.343 e. The van der Waals surface area contributed by atoms with Crippen LogP contribution in [0.25, 0.3) is 11.3 Å². The lowest BCUT2D eigenvalue weighted by Gasteiger charge is -2.17. The summed E-state index contributed by atoms with van der Waals surface area (Å²) in [6.07, 6.45) is 1.42. The number of amides is 1. The van der Waals surface area contributed by atoms with Gasteiger partial charge in [0.25, 0.3) is 5.91 Å². The Hall–Kier alpha value is -3.38. The Morgan fingerprint density at radius 1 is 1.14 bits per heavy atom. The second kappa shape index (κ2) is 7.93.